The summed E-state index contributed by atoms with van der Waals surface area (Å²) >= 11 is 17.7. The predicted octanol–water partition coefficient (Wildman–Crippen LogP) is 4.29. The van der Waals surface area contributed by atoms with Crippen molar-refractivity contribution in [2.75, 3.05) is 0 Å². The molecule has 18 heavy (non-hydrogen) atoms. The van der Waals surface area contributed by atoms with Crippen LogP contribution in [0.4, 0.5) is 0 Å². The lowest BCUT2D eigenvalue weighted by atomic mass is 10.3. The van der Waals surface area contributed by atoms with Gasteiger partial charge in [-0.2, -0.15) is 0 Å². The molecule has 0 bridgehead atoms. The fourth-order valence-electron chi connectivity index (χ4n) is 1.32. The highest BCUT2D eigenvalue weighted by Gasteiger charge is 2.09. The Hall–Kier alpha value is -1.000. The first-order valence-electron chi connectivity index (χ1n) is 5.08. The molecule has 2 rings (SSSR count). The molecule has 2 N–H and O–H groups in total. The van der Waals surface area contributed by atoms with Crippen LogP contribution in [0.3, 0.4) is 0 Å². The Morgan fingerprint density at radius 3 is 2.50 bits per heavy atom. The number of rotatable bonds is 3. The second kappa shape index (κ2) is 5.76. The summed E-state index contributed by atoms with van der Waals surface area (Å²) in [5.41, 5.74) is 6.23. The maximum atomic E-state index is 6.00. The molecule has 0 aliphatic carbocycles. The molecule has 0 spiro atoms. The van der Waals surface area contributed by atoms with Crippen molar-refractivity contribution in [3.8, 4) is 11.6 Å². The number of pyridine rings is 1. The van der Waals surface area contributed by atoms with Crippen molar-refractivity contribution in [1.82, 2.24) is 4.98 Å². The number of ether oxygens (including phenoxy) is 1. The first-order valence-corrected chi connectivity index (χ1v) is 6.22. The van der Waals surface area contributed by atoms with Gasteiger partial charge in [-0.1, -0.05) is 40.9 Å². The predicted molar refractivity (Wildman–Crippen MR) is 73.7 cm³/mol. The smallest absolute Gasteiger partial charge is 0.219 e. The van der Waals surface area contributed by atoms with Crippen LogP contribution in [0.5, 0.6) is 11.6 Å². The average Bonchev–Trinajstić information content (AvgIpc) is 2.36. The van der Waals surface area contributed by atoms with Crippen LogP contribution in [0, 0.1) is 0 Å². The van der Waals surface area contributed by atoms with Crippen LogP contribution >= 0.6 is 34.8 Å². The van der Waals surface area contributed by atoms with Gasteiger partial charge in [0.25, 0.3) is 0 Å². The van der Waals surface area contributed by atoms with E-state index in [1.165, 1.54) is 6.07 Å². The molecule has 0 aliphatic rings. The molecule has 1 aromatic carbocycles. The summed E-state index contributed by atoms with van der Waals surface area (Å²) in [7, 11) is 0. The molecule has 6 heteroatoms. The van der Waals surface area contributed by atoms with Gasteiger partial charge >= 0.3 is 0 Å². The highest BCUT2D eigenvalue weighted by molar-refractivity contribution is 6.43. The molecule has 0 saturated heterocycles. The van der Waals surface area contributed by atoms with Gasteiger partial charge in [-0.15, -0.1) is 0 Å². The van der Waals surface area contributed by atoms with Crippen molar-refractivity contribution in [2.45, 2.75) is 6.54 Å². The zero-order valence-corrected chi connectivity index (χ0v) is 11.4. The van der Waals surface area contributed by atoms with Crippen LogP contribution in [-0.4, -0.2) is 4.98 Å². The Kier molecular flexibility index (Phi) is 4.30. The van der Waals surface area contributed by atoms with Crippen LogP contribution in [0.15, 0.2) is 30.3 Å². The quantitative estimate of drug-likeness (QED) is 0.860. The van der Waals surface area contributed by atoms with E-state index in [1.807, 2.05) is 6.07 Å². The third kappa shape index (κ3) is 3.06. The van der Waals surface area contributed by atoms with E-state index in [0.29, 0.717) is 33.2 Å². The van der Waals surface area contributed by atoms with Crippen molar-refractivity contribution in [3.63, 3.8) is 0 Å². The van der Waals surface area contributed by atoms with Gasteiger partial charge in [-0.3, -0.25) is 0 Å². The summed E-state index contributed by atoms with van der Waals surface area (Å²) in [5, 5.41) is 1.10. The average molecular weight is 304 g/mol. The molecule has 1 heterocycles. The summed E-state index contributed by atoms with van der Waals surface area (Å²) < 4.78 is 5.55. The first-order chi connectivity index (χ1) is 8.60. The topological polar surface area (TPSA) is 48.1 Å². The SMILES string of the molecule is NCc1cccc(Oc2cc(Cl)c(Cl)cc2Cl)n1. The Bertz CT molecular complexity index is 575. The van der Waals surface area contributed by atoms with Crippen molar-refractivity contribution < 1.29 is 4.74 Å². The highest BCUT2D eigenvalue weighted by atomic mass is 35.5. The molecule has 3 nitrogen and oxygen atoms in total. The van der Waals surface area contributed by atoms with E-state index in [2.05, 4.69) is 4.98 Å². The van der Waals surface area contributed by atoms with E-state index < -0.39 is 0 Å². The lowest BCUT2D eigenvalue weighted by molar-refractivity contribution is 0.461. The van der Waals surface area contributed by atoms with Gasteiger partial charge in [0.1, 0.15) is 5.75 Å². The summed E-state index contributed by atoms with van der Waals surface area (Å²) in [5.74, 6) is 0.797. The number of nitrogens with zero attached hydrogens (tertiary/aromatic N) is 1. The van der Waals surface area contributed by atoms with E-state index in [1.54, 1.807) is 18.2 Å². The molecule has 0 aliphatic heterocycles. The molecule has 0 atom stereocenters. The van der Waals surface area contributed by atoms with E-state index in [9.17, 15) is 0 Å². The standard InChI is InChI=1S/C12H9Cl3N2O/c13-8-4-10(15)11(5-9(8)14)18-12-3-1-2-7(6-16)17-12/h1-5H,6,16H2. The Labute approximate surface area is 119 Å². The summed E-state index contributed by atoms with van der Waals surface area (Å²) in [6, 6.07) is 8.38. The monoisotopic (exact) mass is 302 g/mol. The number of benzene rings is 1. The summed E-state index contributed by atoms with van der Waals surface area (Å²) in [6.45, 7) is 0.340. The Morgan fingerprint density at radius 2 is 1.78 bits per heavy atom. The van der Waals surface area contributed by atoms with Crippen molar-refractivity contribution in [3.05, 3.63) is 51.1 Å². The van der Waals surface area contributed by atoms with Crippen molar-refractivity contribution in [2.24, 2.45) is 5.73 Å². The number of nitrogens with two attached hydrogens (primary N) is 1. The van der Waals surface area contributed by atoms with E-state index in [4.69, 9.17) is 45.3 Å². The van der Waals surface area contributed by atoms with Gasteiger partial charge in [0, 0.05) is 18.7 Å². The number of halogens is 3. The second-order valence-electron chi connectivity index (χ2n) is 3.47. The lowest BCUT2D eigenvalue weighted by Gasteiger charge is -2.08. The Balaban J connectivity index is 2.30. The zero-order chi connectivity index (χ0) is 13.1. The van der Waals surface area contributed by atoms with Gasteiger partial charge in [0.2, 0.25) is 5.88 Å². The molecule has 2 aromatic rings. The van der Waals surface area contributed by atoms with E-state index in [0.717, 1.165) is 5.69 Å². The largest absolute Gasteiger partial charge is 0.437 e. The highest BCUT2D eigenvalue weighted by Crippen LogP contribution is 2.35. The molecule has 0 unspecified atom stereocenters. The molecule has 0 amide bonds. The zero-order valence-electron chi connectivity index (χ0n) is 9.16. The fraction of sp³-hybridized carbons (Fsp3) is 0.0833. The van der Waals surface area contributed by atoms with Crippen LogP contribution in [0.2, 0.25) is 15.1 Å². The maximum Gasteiger partial charge on any atom is 0.219 e. The maximum absolute atomic E-state index is 6.00. The van der Waals surface area contributed by atoms with Gasteiger partial charge in [-0.05, 0) is 12.1 Å². The fourth-order valence-corrected chi connectivity index (χ4v) is 1.90. The number of aromatic nitrogens is 1. The Morgan fingerprint density at radius 1 is 1.06 bits per heavy atom. The normalized spacial score (nSPS) is 10.4. The van der Waals surface area contributed by atoms with Crippen LogP contribution < -0.4 is 10.5 Å². The molecule has 0 radical (unpaired) electrons. The van der Waals surface area contributed by atoms with E-state index in [-0.39, 0.29) is 0 Å². The molecule has 94 valence electrons. The van der Waals surface area contributed by atoms with E-state index >= 15 is 0 Å². The van der Waals surface area contributed by atoms with Crippen molar-refractivity contribution >= 4 is 34.8 Å². The van der Waals surface area contributed by atoms with Gasteiger partial charge in [-0.25, -0.2) is 4.98 Å². The molecular formula is C12H9Cl3N2O. The van der Waals surface area contributed by atoms with Crippen LogP contribution in [-0.2, 0) is 6.54 Å². The van der Waals surface area contributed by atoms with Crippen LogP contribution in [0.25, 0.3) is 0 Å². The van der Waals surface area contributed by atoms with Crippen molar-refractivity contribution in [1.29, 1.82) is 0 Å². The minimum absolute atomic E-state index is 0.340. The van der Waals surface area contributed by atoms with Crippen LogP contribution in [0.1, 0.15) is 5.69 Å². The molecular weight excluding hydrogens is 295 g/mol. The third-order valence-corrected chi connectivity index (χ3v) is 3.20. The first kappa shape index (κ1) is 13.4. The number of hydrogen-bond acceptors (Lipinski definition) is 3. The van der Waals surface area contributed by atoms with Gasteiger partial charge in [0.15, 0.2) is 0 Å². The molecule has 1 aromatic heterocycles. The second-order valence-corrected chi connectivity index (χ2v) is 4.69. The number of hydrogen-bond donors (Lipinski definition) is 1. The molecule has 0 fully saturated rings. The third-order valence-electron chi connectivity index (χ3n) is 2.18. The van der Waals surface area contributed by atoms with Gasteiger partial charge < -0.3 is 10.5 Å². The summed E-state index contributed by atoms with van der Waals surface area (Å²) in [6.07, 6.45) is 0. The lowest BCUT2D eigenvalue weighted by Crippen LogP contribution is -2.00. The minimum Gasteiger partial charge on any atom is -0.437 e. The minimum atomic E-state index is 0.340. The van der Waals surface area contributed by atoms with Gasteiger partial charge in [0.05, 0.1) is 20.8 Å². The summed E-state index contributed by atoms with van der Waals surface area (Å²) in [4.78, 5) is 4.20. The molecule has 0 saturated carbocycles.